The molecule has 1 saturated heterocycles. The third kappa shape index (κ3) is 5.93. The van der Waals surface area contributed by atoms with E-state index in [1.165, 1.54) is 13.2 Å². The molecule has 1 heterocycles. The van der Waals surface area contributed by atoms with Crippen molar-refractivity contribution >= 4 is 15.9 Å². The molecule has 0 unspecified atom stereocenters. The average Bonchev–Trinajstić information content (AvgIpc) is 3.35. The second-order valence-corrected chi connectivity index (χ2v) is 10.4. The van der Waals surface area contributed by atoms with Gasteiger partial charge in [-0.2, -0.15) is 0 Å². The number of benzene rings is 2. The van der Waals surface area contributed by atoms with Crippen LogP contribution in [0.3, 0.4) is 0 Å². The molecule has 2 aliphatic rings. The van der Waals surface area contributed by atoms with Gasteiger partial charge in [0.25, 0.3) is 5.91 Å². The van der Waals surface area contributed by atoms with E-state index in [1.54, 1.807) is 17.0 Å². The second kappa shape index (κ2) is 10.7. The highest BCUT2D eigenvalue weighted by atomic mass is 32.2. The Morgan fingerprint density at radius 2 is 1.73 bits per heavy atom. The van der Waals surface area contributed by atoms with Crippen LogP contribution >= 0.6 is 0 Å². The van der Waals surface area contributed by atoms with Crippen molar-refractivity contribution in [1.29, 1.82) is 0 Å². The Kier molecular flexibility index (Phi) is 7.67. The van der Waals surface area contributed by atoms with E-state index in [4.69, 9.17) is 9.47 Å². The van der Waals surface area contributed by atoms with Crippen LogP contribution in [0.25, 0.3) is 0 Å². The molecule has 2 fully saturated rings. The second-order valence-electron chi connectivity index (χ2n) is 8.76. The van der Waals surface area contributed by atoms with Gasteiger partial charge in [-0.25, -0.2) is 13.1 Å². The van der Waals surface area contributed by atoms with Crippen LogP contribution in [-0.2, 0) is 21.4 Å². The summed E-state index contributed by atoms with van der Waals surface area (Å²) in [5.41, 5.74) is 1.49. The Balaban J connectivity index is 1.39. The molecule has 2 aromatic rings. The number of nitrogens with one attached hydrogen (secondary N) is 1. The molecule has 7 nitrogen and oxygen atoms in total. The summed E-state index contributed by atoms with van der Waals surface area (Å²) in [5, 5.41) is 0. The zero-order valence-electron chi connectivity index (χ0n) is 19.0. The number of carbonyl (C=O) groups excluding carboxylic acids is 1. The lowest BCUT2D eigenvalue weighted by atomic mass is 10.1. The molecular weight excluding hydrogens is 440 g/mol. The molecule has 0 radical (unpaired) electrons. The van der Waals surface area contributed by atoms with Crippen LogP contribution < -0.4 is 9.46 Å². The zero-order chi connectivity index (χ0) is 23.3. The summed E-state index contributed by atoms with van der Waals surface area (Å²) in [7, 11) is -2.35. The molecule has 8 heteroatoms. The summed E-state index contributed by atoms with van der Waals surface area (Å²) in [5.74, 6) is 0.0709. The van der Waals surface area contributed by atoms with Crippen molar-refractivity contribution in [3.63, 3.8) is 0 Å². The summed E-state index contributed by atoms with van der Waals surface area (Å²) >= 11 is 0. The molecule has 1 aliphatic carbocycles. The summed E-state index contributed by atoms with van der Waals surface area (Å²) in [6.07, 6.45) is 5.33. The zero-order valence-corrected chi connectivity index (χ0v) is 19.9. The summed E-state index contributed by atoms with van der Waals surface area (Å²) < 4.78 is 40.1. The van der Waals surface area contributed by atoms with Gasteiger partial charge < -0.3 is 14.4 Å². The van der Waals surface area contributed by atoms with Gasteiger partial charge in [0.15, 0.2) is 0 Å². The first-order chi connectivity index (χ1) is 16.0. The molecule has 4 rings (SSSR count). The maximum absolute atomic E-state index is 13.1. The largest absolute Gasteiger partial charge is 0.495 e. The Hall–Kier alpha value is -2.42. The number of methoxy groups -OCH3 is 1. The Labute approximate surface area is 196 Å². The van der Waals surface area contributed by atoms with Crippen molar-refractivity contribution < 1.29 is 22.7 Å². The third-order valence-corrected chi connectivity index (χ3v) is 7.98. The fourth-order valence-corrected chi connectivity index (χ4v) is 6.04. The van der Waals surface area contributed by atoms with E-state index in [0.29, 0.717) is 25.3 Å². The summed E-state index contributed by atoms with van der Waals surface area (Å²) in [6.45, 7) is 1.71. The van der Waals surface area contributed by atoms with Gasteiger partial charge in [-0.1, -0.05) is 43.2 Å². The molecule has 2 aromatic carbocycles. The number of likely N-dealkylation sites (tertiary alicyclic amines) is 1. The van der Waals surface area contributed by atoms with Crippen molar-refractivity contribution in [2.75, 3.05) is 20.2 Å². The van der Waals surface area contributed by atoms with Crippen LogP contribution in [0.1, 0.15) is 54.4 Å². The fourth-order valence-electron chi connectivity index (χ4n) is 4.54. The van der Waals surface area contributed by atoms with Gasteiger partial charge in [-0.15, -0.1) is 0 Å². The highest BCUT2D eigenvalue weighted by Crippen LogP contribution is 2.28. The lowest BCUT2D eigenvalue weighted by Crippen LogP contribution is -2.41. The molecule has 178 valence electrons. The number of carbonyl (C=O) groups is 1. The minimum atomic E-state index is -3.78. The first-order valence-electron chi connectivity index (χ1n) is 11.6. The predicted molar refractivity (Wildman–Crippen MR) is 126 cm³/mol. The minimum absolute atomic E-state index is 0.0174. The van der Waals surface area contributed by atoms with Crippen molar-refractivity contribution in [2.45, 2.75) is 62.2 Å². The fraction of sp³-hybridized carbons (Fsp3) is 0.480. The topological polar surface area (TPSA) is 84.9 Å². The Morgan fingerprint density at radius 3 is 2.39 bits per heavy atom. The normalized spacial score (nSPS) is 17.9. The number of nitrogens with zero attached hydrogens (tertiary/aromatic N) is 1. The molecule has 1 saturated carbocycles. The van der Waals surface area contributed by atoms with Gasteiger partial charge in [-0.3, -0.25) is 4.79 Å². The Bertz CT molecular complexity index is 1040. The highest BCUT2D eigenvalue weighted by Gasteiger charge is 2.29. The van der Waals surface area contributed by atoms with Gasteiger partial charge in [0.05, 0.1) is 19.8 Å². The van der Waals surface area contributed by atoms with Gasteiger partial charge in [0.2, 0.25) is 10.0 Å². The van der Waals surface area contributed by atoms with Crippen LogP contribution in [0.15, 0.2) is 53.4 Å². The molecule has 0 atom stereocenters. The molecule has 1 N–H and O–H groups in total. The maximum Gasteiger partial charge on any atom is 0.253 e. The van der Waals surface area contributed by atoms with Crippen molar-refractivity contribution in [3.05, 3.63) is 59.7 Å². The lowest BCUT2D eigenvalue weighted by Gasteiger charge is -2.32. The van der Waals surface area contributed by atoms with Gasteiger partial charge in [0, 0.05) is 24.7 Å². The lowest BCUT2D eigenvalue weighted by molar-refractivity contribution is -0.000385. The predicted octanol–water partition coefficient (Wildman–Crippen LogP) is 3.74. The summed E-state index contributed by atoms with van der Waals surface area (Å²) in [4.78, 5) is 14.9. The standard InChI is InChI=1S/C25H32N2O5S/c1-31-23-12-11-20(17-24(23)33(29,30)26-21-9-5-6-10-21)25(28)27-15-13-22(14-16-27)32-18-19-7-3-2-4-8-19/h2-4,7-8,11-12,17,21-22,26H,5-6,9-10,13-16,18H2,1H3. The highest BCUT2D eigenvalue weighted by molar-refractivity contribution is 7.89. The van der Waals surface area contributed by atoms with E-state index in [-0.39, 0.29) is 28.7 Å². The number of ether oxygens (including phenoxy) is 2. The van der Waals surface area contributed by atoms with E-state index in [2.05, 4.69) is 4.72 Å². The van der Waals surface area contributed by atoms with Gasteiger partial charge >= 0.3 is 0 Å². The summed E-state index contributed by atoms with van der Waals surface area (Å²) in [6, 6.07) is 14.6. The van der Waals surface area contributed by atoms with E-state index in [9.17, 15) is 13.2 Å². The average molecular weight is 473 g/mol. The van der Waals surface area contributed by atoms with Crippen molar-refractivity contribution in [1.82, 2.24) is 9.62 Å². The van der Waals surface area contributed by atoms with E-state index < -0.39 is 10.0 Å². The SMILES string of the molecule is COc1ccc(C(=O)N2CCC(OCc3ccccc3)CC2)cc1S(=O)(=O)NC1CCCC1. The molecule has 1 amide bonds. The quantitative estimate of drug-likeness (QED) is 0.633. The van der Waals surface area contributed by atoms with Crippen molar-refractivity contribution in [3.8, 4) is 5.75 Å². The first-order valence-corrected chi connectivity index (χ1v) is 13.1. The third-order valence-electron chi connectivity index (χ3n) is 6.43. The number of piperidine rings is 1. The molecule has 33 heavy (non-hydrogen) atoms. The van der Waals surface area contributed by atoms with E-state index >= 15 is 0 Å². The van der Waals surface area contributed by atoms with Crippen LogP contribution in [0, 0.1) is 0 Å². The van der Waals surface area contributed by atoms with Gasteiger partial charge in [0.1, 0.15) is 10.6 Å². The minimum Gasteiger partial charge on any atom is -0.495 e. The number of amides is 1. The van der Waals surface area contributed by atoms with E-state index in [0.717, 1.165) is 44.1 Å². The molecule has 0 spiro atoms. The van der Waals surface area contributed by atoms with E-state index in [1.807, 2.05) is 30.3 Å². The van der Waals surface area contributed by atoms with Crippen LogP contribution in [0.5, 0.6) is 5.75 Å². The van der Waals surface area contributed by atoms with Crippen LogP contribution in [0.2, 0.25) is 0 Å². The molecule has 0 bridgehead atoms. The smallest absolute Gasteiger partial charge is 0.253 e. The maximum atomic E-state index is 13.1. The number of rotatable bonds is 8. The first kappa shape index (κ1) is 23.7. The number of sulfonamides is 1. The number of hydrogen-bond donors (Lipinski definition) is 1. The Morgan fingerprint density at radius 1 is 1.03 bits per heavy atom. The molecule has 0 aromatic heterocycles. The van der Waals surface area contributed by atoms with Gasteiger partial charge in [-0.05, 0) is 49.4 Å². The van der Waals surface area contributed by atoms with Crippen LogP contribution in [0.4, 0.5) is 0 Å². The monoisotopic (exact) mass is 472 g/mol. The van der Waals surface area contributed by atoms with Crippen molar-refractivity contribution in [2.24, 2.45) is 0 Å². The van der Waals surface area contributed by atoms with Crippen LogP contribution in [-0.4, -0.2) is 51.6 Å². The number of hydrogen-bond acceptors (Lipinski definition) is 5. The molecular formula is C25H32N2O5S. The molecule has 1 aliphatic heterocycles.